The fourth-order valence-electron chi connectivity index (χ4n) is 3.44. The van der Waals surface area contributed by atoms with Crippen molar-refractivity contribution in [2.24, 2.45) is 0 Å². The van der Waals surface area contributed by atoms with Gasteiger partial charge in [-0.2, -0.15) is 10.2 Å². The van der Waals surface area contributed by atoms with Crippen LogP contribution in [0.4, 0.5) is 0 Å². The van der Waals surface area contributed by atoms with Gasteiger partial charge in [0.2, 0.25) is 0 Å². The third-order valence-corrected chi connectivity index (χ3v) is 4.89. The van der Waals surface area contributed by atoms with E-state index < -0.39 is 0 Å². The van der Waals surface area contributed by atoms with Crippen LogP contribution in [0, 0.1) is 6.92 Å². The van der Waals surface area contributed by atoms with E-state index in [2.05, 4.69) is 46.6 Å². The van der Waals surface area contributed by atoms with Gasteiger partial charge in [0.1, 0.15) is 0 Å². The van der Waals surface area contributed by atoms with Gasteiger partial charge in [-0.25, -0.2) is 9.78 Å². The molecule has 1 atom stereocenters. The number of nitrogens with one attached hydrogen (secondary N) is 2. The molecule has 0 saturated carbocycles. The largest absolute Gasteiger partial charge is 0.349 e. The third-order valence-electron chi connectivity index (χ3n) is 4.89. The molecule has 0 aliphatic rings. The average molecular weight is 379 g/mol. The lowest BCUT2D eigenvalue weighted by Gasteiger charge is -2.29. The summed E-state index contributed by atoms with van der Waals surface area (Å²) >= 11 is 0. The van der Waals surface area contributed by atoms with Crippen LogP contribution < -0.4 is 10.9 Å². The molecule has 0 unspecified atom stereocenters. The quantitative estimate of drug-likeness (QED) is 0.689. The summed E-state index contributed by atoms with van der Waals surface area (Å²) in [6, 6.07) is 13.2. The van der Waals surface area contributed by atoms with Crippen LogP contribution in [-0.4, -0.2) is 31.9 Å². The molecule has 1 aromatic carbocycles. The minimum atomic E-state index is -0.290. The summed E-state index contributed by atoms with van der Waals surface area (Å²) < 4.78 is 1.53. The number of hydrogen-bond acceptors (Lipinski definition) is 4. The molecule has 0 saturated heterocycles. The van der Waals surface area contributed by atoms with Crippen molar-refractivity contribution in [3.8, 4) is 5.82 Å². The fourth-order valence-corrected chi connectivity index (χ4v) is 3.44. The second-order valence-corrected chi connectivity index (χ2v) is 7.66. The molecule has 1 amide bonds. The first-order valence-electron chi connectivity index (χ1n) is 9.25. The number of carbonyl (C=O) groups excluding carboxylic acids is 1. The highest BCUT2D eigenvalue weighted by atomic mass is 16.1. The molecule has 0 aliphatic carbocycles. The lowest BCUT2D eigenvalue weighted by Crippen LogP contribution is -2.37. The normalized spacial score (nSPS) is 12.6. The molecule has 3 aromatic rings. The molecule has 2 heterocycles. The van der Waals surface area contributed by atoms with Crippen LogP contribution in [0.25, 0.3) is 5.82 Å². The van der Waals surface area contributed by atoms with E-state index in [1.165, 1.54) is 22.5 Å². The Labute approximate surface area is 163 Å². The average Bonchev–Trinajstić information content (AvgIpc) is 3.04. The molecule has 2 aromatic heterocycles. The molecule has 0 spiro atoms. The monoisotopic (exact) mass is 379 g/mol. The summed E-state index contributed by atoms with van der Waals surface area (Å²) in [4.78, 5) is 23.9. The van der Waals surface area contributed by atoms with Crippen LogP contribution in [0.2, 0.25) is 0 Å². The Kier molecular flexibility index (Phi) is 5.44. The maximum absolute atomic E-state index is 12.8. The number of amides is 1. The first-order valence-corrected chi connectivity index (χ1v) is 9.25. The molecule has 0 radical (unpaired) electrons. The topological polar surface area (TPSA) is 92.7 Å². The third kappa shape index (κ3) is 4.19. The Bertz CT molecular complexity index is 1000. The van der Waals surface area contributed by atoms with Gasteiger partial charge in [-0.15, -0.1) is 0 Å². The van der Waals surface area contributed by atoms with Crippen LogP contribution in [0.3, 0.4) is 0 Å². The fraction of sp³-hybridized carbons (Fsp3) is 0.333. The molecule has 2 N–H and O–H groups in total. The highest BCUT2D eigenvalue weighted by Gasteiger charge is 2.25. The minimum absolute atomic E-state index is 0.0170. The Morgan fingerprint density at radius 1 is 1.21 bits per heavy atom. The molecule has 7 nitrogen and oxygen atoms in total. The number of rotatable bonds is 6. The van der Waals surface area contributed by atoms with Gasteiger partial charge in [0, 0.05) is 12.1 Å². The lowest BCUT2D eigenvalue weighted by atomic mass is 9.79. The van der Waals surface area contributed by atoms with Crippen LogP contribution >= 0.6 is 0 Å². The number of H-pyrrole nitrogens is 1. The zero-order chi connectivity index (χ0) is 20.3. The van der Waals surface area contributed by atoms with E-state index in [4.69, 9.17) is 0 Å². The van der Waals surface area contributed by atoms with Crippen molar-refractivity contribution in [3.63, 3.8) is 0 Å². The summed E-state index contributed by atoms with van der Waals surface area (Å²) in [6.07, 6.45) is 2.32. The van der Waals surface area contributed by atoms with Gasteiger partial charge in [0.15, 0.2) is 5.82 Å². The Hall–Kier alpha value is -3.22. The Balaban J connectivity index is 1.71. The van der Waals surface area contributed by atoms with Gasteiger partial charge in [0.25, 0.3) is 11.5 Å². The number of carbonyl (C=O) groups is 1. The van der Waals surface area contributed by atoms with Crippen molar-refractivity contribution in [1.82, 2.24) is 25.3 Å². The first kappa shape index (κ1) is 19.5. The van der Waals surface area contributed by atoms with E-state index >= 15 is 0 Å². The standard InChI is InChI=1S/C21H25N5O2/c1-14(12-21(3,4)16-8-6-5-7-9-16)23-20(28)17-13-22-26(15(17)2)18-10-11-19(27)25-24-18/h5-11,13-14H,12H2,1-4H3,(H,23,28)(H,25,27)/t14-/m1/s1. The second-order valence-electron chi connectivity index (χ2n) is 7.66. The molecular weight excluding hydrogens is 354 g/mol. The predicted octanol–water partition coefficient (Wildman–Crippen LogP) is 2.75. The molecule has 28 heavy (non-hydrogen) atoms. The maximum Gasteiger partial charge on any atom is 0.264 e. The number of nitrogens with zero attached hydrogens (tertiary/aromatic N) is 3. The molecule has 0 bridgehead atoms. The smallest absolute Gasteiger partial charge is 0.264 e. The number of benzene rings is 1. The van der Waals surface area contributed by atoms with Crippen molar-refractivity contribution in [2.45, 2.75) is 45.6 Å². The highest BCUT2D eigenvalue weighted by Crippen LogP contribution is 2.28. The SMILES string of the molecule is Cc1c(C(=O)N[C@H](C)CC(C)(C)c2ccccc2)cnn1-c1ccc(=O)[nH]n1. The molecule has 146 valence electrons. The molecule has 0 fully saturated rings. The zero-order valence-corrected chi connectivity index (χ0v) is 16.6. The van der Waals surface area contributed by atoms with E-state index in [0.29, 0.717) is 17.1 Å². The number of hydrogen-bond donors (Lipinski definition) is 2. The van der Waals surface area contributed by atoms with Crippen molar-refractivity contribution >= 4 is 5.91 Å². The summed E-state index contributed by atoms with van der Waals surface area (Å²) in [5.74, 6) is 0.277. The zero-order valence-electron chi connectivity index (χ0n) is 16.6. The van der Waals surface area contributed by atoms with E-state index in [-0.39, 0.29) is 22.9 Å². The number of aromatic amines is 1. The summed E-state index contributed by atoms with van der Waals surface area (Å²) in [5, 5.41) is 13.6. The summed E-state index contributed by atoms with van der Waals surface area (Å²) in [5.41, 5.74) is 2.03. The minimum Gasteiger partial charge on any atom is -0.349 e. The van der Waals surface area contributed by atoms with E-state index in [1.54, 1.807) is 13.0 Å². The molecular formula is C21H25N5O2. The summed E-state index contributed by atoms with van der Waals surface area (Å²) in [7, 11) is 0. The Morgan fingerprint density at radius 3 is 2.57 bits per heavy atom. The van der Waals surface area contributed by atoms with Crippen LogP contribution in [-0.2, 0) is 5.41 Å². The van der Waals surface area contributed by atoms with E-state index in [9.17, 15) is 9.59 Å². The van der Waals surface area contributed by atoms with Gasteiger partial charge in [-0.3, -0.25) is 9.59 Å². The molecule has 0 aliphatic heterocycles. The number of aromatic nitrogens is 4. The predicted molar refractivity (Wildman–Crippen MR) is 108 cm³/mol. The van der Waals surface area contributed by atoms with Gasteiger partial charge in [0.05, 0.1) is 17.5 Å². The Morgan fingerprint density at radius 2 is 1.93 bits per heavy atom. The van der Waals surface area contributed by atoms with Crippen molar-refractivity contribution in [1.29, 1.82) is 0 Å². The highest BCUT2D eigenvalue weighted by molar-refractivity contribution is 5.95. The second kappa shape index (κ2) is 7.80. The molecule has 7 heteroatoms. The van der Waals surface area contributed by atoms with Crippen molar-refractivity contribution in [2.75, 3.05) is 0 Å². The van der Waals surface area contributed by atoms with Gasteiger partial charge in [-0.1, -0.05) is 44.2 Å². The van der Waals surface area contributed by atoms with E-state index in [0.717, 1.165) is 6.42 Å². The molecule has 3 rings (SSSR count). The lowest BCUT2D eigenvalue weighted by molar-refractivity contribution is 0.0934. The van der Waals surface area contributed by atoms with E-state index in [1.807, 2.05) is 25.1 Å². The van der Waals surface area contributed by atoms with Crippen LogP contribution in [0.5, 0.6) is 0 Å². The first-order chi connectivity index (χ1) is 13.3. The van der Waals surface area contributed by atoms with Crippen LogP contribution in [0.1, 0.15) is 48.8 Å². The van der Waals surface area contributed by atoms with Gasteiger partial charge >= 0.3 is 0 Å². The van der Waals surface area contributed by atoms with Gasteiger partial charge < -0.3 is 5.32 Å². The van der Waals surface area contributed by atoms with Gasteiger partial charge in [-0.05, 0) is 37.3 Å². The summed E-state index contributed by atoms with van der Waals surface area (Å²) in [6.45, 7) is 8.16. The van der Waals surface area contributed by atoms with Crippen molar-refractivity contribution < 1.29 is 4.79 Å². The maximum atomic E-state index is 12.8. The van der Waals surface area contributed by atoms with Crippen molar-refractivity contribution in [3.05, 3.63) is 75.8 Å². The van der Waals surface area contributed by atoms with Crippen LogP contribution in [0.15, 0.2) is 53.5 Å².